The van der Waals surface area contributed by atoms with Crippen molar-refractivity contribution in [3.8, 4) is 0 Å². The average molecular weight is 327 g/mol. The van der Waals surface area contributed by atoms with E-state index in [9.17, 15) is 4.79 Å². The number of nitrogens with zero attached hydrogens (tertiary/aromatic N) is 1. The van der Waals surface area contributed by atoms with Gasteiger partial charge in [-0.2, -0.15) is 0 Å². The largest absolute Gasteiger partial charge is 0.375 e. The number of benzene rings is 1. The van der Waals surface area contributed by atoms with Gasteiger partial charge in [-0.3, -0.25) is 4.79 Å². The summed E-state index contributed by atoms with van der Waals surface area (Å²) in [6, 6.07) is 8.01. The molecular formula is C14H19BrN2O2. The molecule has 1 amide bonds. The molecule has 0 spiro atoms. The summed E-state index contributed by atoms with van der Waals surface area (Å²) in [5.74, 6) is 0.119. The first kappa shape index (κ1) is 14.5. The first-order chi connectivity index (χ1) is 9.15. The summed E-state index contributed by atoms with van der Waals surface area (Å²) in [5.41, 5.74) is 1.12. The van der Waals surface area contributed by atoms with Gasteiger partial charge in [0.25, 0.3) is 0 Å². The molecule has 0 radical (unpaired) electrons. The molecule has 1 saturated heterocycles. The lowest BCUT2D eigenvalue weighted by molar-refractivity contribution is -0.133. The van der Waals surface area contributed by atoms with Crippen molar-refractivity contribution in [2.45, 2.75) is 19.1 Å². The zero-order valence-corrected chi connectivity index (χ0v) is 12.6. The van der Waals surface area contributed by atoms with E-state index in [0.717, 1.165) is 23.1 Å². The molecule has 1 unspecified atom stereocenters. The van der Waals surface area contributed by atoms with Crippen LogP contribution in [0.1, 0.15) is 12.0 Å². The molecule has 2 rings (SSSR count). The number of amides is 1. The monoisotopic (exact) mass is 326 g/mol. The van der Waals surface area contributed by atoms with Crippen LogP contribution in [-0.2, 0) is 16.1 Å². The molecule has 1 aromatic rings. The topological polar surface area (TPSA) is 41.6 Å². The van der Waals surface area contributed by atoms with Gasteiger partial charge in [0, 0.05) is 31.2 Å². The van der Waals surface area contributed by atoms with Gasteiger partial charge in [-0.1, -0.05) is 28.1 Å². The molecular weight excluding hydrogens is 308 g/mol. The summed E-state index contributed by atoms with van der Waals surface area (Å²) in [7, 11) is 1.83. The quantitative estimate of drug-likeness (QED) is 0.917. The van der Waals surface area contributed by atoms with Crippen LogP contribution in [0.4, 0.5) is 0 Å². The first-order valence-corrected chi connectivity index (χ1v) is 7.25. The zero-order chi connectivity index (χ0) is 13.7. The first-order valence-electron chi connectivity index (χ1n) is 6.46. The van der Waals surface area contributed by atoms with E-state index in [-0.39, 0.29) is 12.0 Å². The predicted molar refractivity (Wildman–Crippen MR) is 77.8 cm³/mol. The highest BCUT2D eigenvalue weighted by molar-refractivity contribution is 9.10. The van der Waals surface area contributed by atoms with Gasteiger partial charge in [0.2, 0.25) is 5.91 Å². The van der Waals surface area contributed by atoms with Gasteiger partial charge in [-0.15, -0.1) is 0 Å². The van der Waals surface area contributed by atoms with E-state index >= 15 is 0 Å². The smallest absolute Gasteiger partial charge is 0.225 e. The molecule has 19 heavy (non-hydrogen) atoms. The van der Waals surface area contributed by atoms with Gasteiger partial charge >= 0.3 is 0 Å². The fourth-order valence-corrected chi connectivity index (χ4v) is 2.55. The number of rotatable bonds is 4. The number of halogens is 1. The van der Waals surface area contributed by atoms with Crippen LogP contribution < -0.4 is 5.32 Å². The molecule has 1 aliphatic rings. The highest BCUT2D eigenvalue weighted by atomic mass is 79.9. The minimum absolute atomic E-state index is 0.00575. The average Bonchev–Trinajstić information content (AvgIpc) is 2.40. The van der Waals surface area contributed by atoms with Crippen LogP contribution in [0.5, 0.6) is 0 Å². The number of carbonyl (C=O) groups excluding carboxylic acids is 1. The third-order valence-corrected chi connectivity index (χ3v) is 3.63. The molecule has 1 heterocycles. The SMILES string of the molecule is CN(Cc1cccc(Br)c1)C(=O)CC1CNCCO1. The molecule has 5 heteroatoms. The lowest BCUT2D eigenvalue weighted by Gasteiger charge is -2.25. The van der Waals surface area contributed by atoms with Crippen molar-refractivity contribution in [2.75, 3.05) is 26.7 Å². The van der Waals surface area contributed by atoms with E-state index < -0.39 is 0 Å². The van der Waals surface area contributed by atoms with Crippen molar-refractivity contribution in [2.24, 2.45) is 0 Å². The summed E-state index contributed by atoms with van der Waals surface area (Å²) in [5, 5.41) is 3.23. The van der Waals surface area contributed by atoms with Gasteiger partial charge in [0.15, 0.2) is 0 Å². The fraction of sp³-hybridized carbons (Fsp3) is 0.500. The zero-order valence-electron chi connectivity index (χ0n) is 11.1. The van der Waals surface area contributed by atoms with Gasteiger partial charge < -0.3 is 15.0 Å². The predicted octanol–water partition coefficient (Wildman–Crippen LogP) is 1.79. The van der Waals surface area contributed by atoms with Gasteiger partial charge in [-0.25, -0.2) is 0 Å². The second kappa shape index (κ2) is 7.03. The fourth-order valence-electron chi connectivity index (χ4n) is 2.10. The molecule has 1 N–H and O–H groups in total. The van der Waals surface area contributed by atoms with Crippen LogP contribution in [0.3, 0.4) is 0 Å². The Bertz CT molecular complexity index is 433. The van der Waals surface area contributed by atoms with Crippen LogP contribution in [0.2, 0.25) is 0 Å². The van der Waals surface area contributed by atoms with Crippen LogP contribution >= 0.6 is 15.9 Å². The number of carbonyl (C=O) groups is 1. The van der Waals surface area contributed by atoms with Crippen molar-refractivity contribution < 1.29 is 9.53 Å². The second-order valence-electron chi connectivity index (χ2n) is 4.78. The summed E-state index contributed by atoms with van der Waals surface area (Å²) in [6.45, 7) is 2.95. The Morgan fingerprint density at radius 2 is 2.42 bits per heavy atom. The Kier molecular flexibility index (Phi) is 5.36. The van der Waals surface area contributed by atoms with Crippen LogP contribution in [0, 0.1) is 0 Å². The Balaban J connectivity index is 1.84. The van der Waals surface area contributed by atoms with Crippen LogP contribution in [0.15, 0.2) is 28.7 Å². The molecule has 1 fully saturated rings. The van der Waals surface area contributed by atoms with E-state index in [0.29, 0.717) is 19.6 Å². The standard InChI is InChI=1S/C14H19BrN2O2/c1-17(10-11-3-2-4-12(15)7-11)14(18)8-13-9-16-5-6-19-13/h2-4,7,13,16H,5-6,8-10H2,1H3. The van der Waals surface area contributed by atoms with Crippen molar-refractivity contribution in [3.05, 3.63) is 34.3 Å². The highest BCUT2D eigenvalue weighted by Crippen LogP contribution is 2.14. The minimum atomic E-state index is 0.00575. The third-order valence-electron chi connectivity index (χ3n) is 3.14. The molecule has 0 saturated carbocycles. The maximum absolute atomic E-state index is 12.1. The number of hydrogen-bond donors (Lipinski definition) is 1. The Labute approximate surface area is 122 Å². The maximum atomic E-state index is 12.1. The number of nitrogens with one attached hydrogen (secondary N) is 1. The Morgan fingerprint density at radius 3 is 3.11 bits per heavy atom. The van der Waals surface area contributed by atoms with E-state index in [4.69, 9.17) is 4.74 Å². The number of hydrogen-bond acceptors (Lipinski definition) is 3. The van der Waals surface area contributed by atoms with Gasteiger partial charge in [0.1, 0.15) is 0 Å². The normalized spacial score (nSPS) is 19.2. The van der Waals surface area contributed by atoms with E-state index in [1.807, 2.05) is 31.3 Å². The molecule has 104 valence electrons. The molecule has 0 aliphatic carbocycles. The molecule has 1 aromatic carbocycles. The van der Waals surface area contributed by atoms with Gasteiger partial charge in [0.05, 0.1) is 19.1 Å². The third kappa shape index (κ3) is 4.60. The number of morpholine rings is 1. The summed E-state index contributed by atoms with van der Waals surface area (Å²) < 4.78 is 6.58. The summed E-state index contributed by atoms with van der Waals surface area (Å²) in [4.78, 5) is 13.9. The lowest BCUT2D eigenvalue weighted by atomic mass is 10.2. The molecule has 0 aromatic heterocycles. The molecule has 1 aliphatic heterocycles. The van der Waals surface area contributed by atoms with Crippen molar-refractivity contribution in [1.29, 1.82) is 0 Å². The maximum Gasteiger partial charge on any atom is 0.225 e. The van der Waals surface area contributed by atoms with Crippen molar-refractivity contribution in [1.82, 2.24) is 10.2 Å². The number of ether oxygens (including phenoxy) is 1. The second-order valence-corrected chi connectivity index (χ2v) is 5.70. The molecule has 0 bridgehead atoms. The van der Waals surface area contributed by atoms with E-state index in [1.165, 1.54) is 0 Å². The van der Waals surface area contributed by atoms with Gasteiger partial charge in [-0.05, 0) is 17.7 Å². The van der Waals surface area contributed by atoms with E-state index in [2.05, 4.69) is 21.2 Å². The summed E-state index contributed by atoms with van der Waals surface area (Å²) >= 11 is 3.44. The molecule has 1 atom stereocenters. The molecule has 4 nitrogen and oxygen atoms in total. The summed E-state index contributed by atoms with van der Waals surface area (Å²) in [6.07, 6.45) is 0.448. The van der Waals surface area contributed by atoms with Crippen LogP contribution in [0.25, 0.3) is 0 Å². The van der Waals surface area contributed by atoms with E-state index in [1.54, 1.807) is 4.90 Å². The van der Waals surface area contributed by atoms with Crippen molar-refractivity contribution in [3.63, 3.8) is 0 Å². The Hall–Kier alpha value is -0.910. The van der Waals surface area contributed by atoms with Crippen molar-refractivity contribution >= 4 is 21.8 Å². The minimum Gasteiger partial charge on any atom is -0.375 e. The van der Waals surface area contributed by atoms with Crippen LogP contribution in [-0.4, -0.2) is 43.7 Å². The Morgan fingerprint density at radius 1 is 1.58 bits per heavy atom. The lowest BCUT2D eigenvalue weighted by Crippen LogP contribution is -2.41. The highest BCUT2D eigenvalue weighted by Gasteiger charge is 2.19.